The molecule has 1 fully saturated rings. The third-order valence-electron chi connectivity index (χ3n) is 4.46. The molecule has 2 atom stereocenters. The molecule has 144 valence electrons. The van der Waals surface area contributed by atoms with Crippen LogP contribution in [0.1, 0.15) is 49.7 Å². The first-order valence-electron chi connectivity index (χ1n) is 8.55. The zero-order valence-electron chi connectivity index (χ0n) is 15.2. The van der Waals surface area contributed by atoms with E-state index < -0.39 is 12.1 Å². The Morgan fingerprint density at radius 2 is 2.00 bits per heavy atom. The number of nitrogens with two attached hydrogens (primary N) is 1. The van der Waals surface area contributed by atoms with Gasteiger partial charge in [-0.2, -0.15) is 0 Å². The molecule has 1 aliphatic rings. The molecule has 1 aromatic heterocycles. The molecule has 0 aromatic carbocycles. The second-order valence-electron chi connectivity index (χ2n) is 7.52. The Labute approximate surface area is 156 Å². The lowest BCUT2D eigenvalue weighted by molar-refractivity contribution is 0.0619. The number of urea groups is 1. The number of nitrogens with zero attached hydrogens (tertiary/aromatic N) is 1. The van der Waals surface area contributed by atoms with Crippen LogP contribution < -0.4 is 16.4 Å². The maximum absolute atomic E-state index is 12.8. The van der Waals surface area contributed by atoms with Crippen LogP contribution in [0.2, 0.25) is 0 Å². The Balaban J connectivity index is 2.27. The fourth-order valence-electron chi connectivity index (χ4n) is 3.55. The average Bonchev–Trinajstić information content (AvgIpc) is 2.83. The van der Waals surface area contributed by atoms with Gasteiger partial charge in [-0.05, 0) is 36.1 Å². The predicted molar refractivity (Wildman–Crippen MR) is 101 cm³/mol. The number of hydrogen-bond donors (Lipinski definition) is 4. The second kappa shape index (κ2) is 7.94. The molecule has 26 heavy (non-hydrogen) atoms. The van der Waals surface area contributed by atoms with E-state index in [0.29, 0.717) is 23.5 Å². The van der Waals surface area contributed by atoms with E-state index in [1.165, 1.54) is 16.2 Å². The normalized spacial score (nSPS) is 21.0. The fraction of sp³-hybridized carbons (Fsp3) is 0.588. The number of amides is 4. The third-order valence-corrected chi connectivity index (χ3v) is 5.37. The highest BCUT2D eigenvalue weighted by atomic mass is 32.1. The van der Waals surface area contributed by atoms with Crippen molar-refractivity contribution in [2.75, 3.05) is 11.9 Å². The third kappa shape index (κ3) is 4.66. The predicted octanol–water partition coefficient (Wildman–Crippen LogP) is 2.92. The lowest BCUT2D eigenvalue weighted by Gasteiger charge is -2.42. The SMILES string of the molecule is CC(C)(C)C1[C@@H](NC(=O)c2sccc2NC(N)=O)CCCCN1C(=O)O. The average molecular weight is 382 g/mol. The fourth-order valence-corrected chi connectivity index (χ4v) is 4.30. The lowest BCUT2D eigenvalue weighted by atomic mass is 9.80. The smallest absolute Gasteiger partial charge is 0.407 e. The number of carbonyl (C=O) groups excluding carboxylic acids is 2. The molecule has 1 aliphatic heterocycles. The standard InChI is InChI=1S/C17H26N4O4S/c1-17(2,3)13-11(6-4-5-8-21(13)16(24)25)19-14(22)12-10(7-9-26-12)20-15(18)23/h7,9,11,13H,4-6,8H2,1-3H3,(H,19,22)(H,24,25)(H3,18,20,23)/t11-,13?/m0/s1. The summed E-state index contributed by atoms with van der Waals surface area (Å²) in [7, 11) is 0. The van der Waals surface area contributed by atoms with Crippen molar-refractivity contribution in [3.8, 4) is 0 Å². The number of carboxylic acid groups (broad SMARTS) is 1. The second-order valence-corrected chi connectivity index (χ2v) is 8.43. The molecule has 8 nitrogen and oxygen atoms in total. The van der Waals surface area contributed by atoms with Gasteiger partial charge in [0.1, 0.15) is 4.88 Å². The van der Waals surface area contributed by atoms with E-state index in [1.54, 1.807) is 11.4 Å². The van der Waals surface area contributed by atoms with Crippen LogP contribution in [0.15, 0.2) is 11.4 Å². The van der Waals surface area contributed by atoms with Gasteiger partial charge in [0.25, 0.3) is 5.91 Å². The number of nitrogens with one attached hydrogen (secondary N) is 2. The van der Waals surface area contributed by atoms with Crippen LogP contribution >= 0.6 is 11.3 Å². The number of rotatable bonds is 3. The van der Waals surface area contributed by atoms with Crippen LogP contribution in [-0.2, 0) is 0 Å². The molecule has 1 aromatic rings. The zero-order chi connectivity index (χ0) is 19.5. The summed E-state index contributed by atoms with van der Waals surface area (Å²) >= 11 is 1.20. The summed E-state index contributed by atoms with van der Waals surface area (Å²) in [6.07, 6.45) is 1.32. The van der Waals surface area contributed by atoms with E-state index in [1.807, 2.05) is 20.8 Å². The molecular formula is C17H26N4O4S. The van der Waals surface area contributed by atoms with Crippen molar-refractivity contribution in [2.24, 2.45) is 11.1 Å². The van der Waals surface area contributed by atoms with Gasteiger partial charge in [-0.3, -0.25) is 4.79 Å². The Hall–Kier alpha value is -2.29. The summed E-state index contributed by atoms with van der Waals surface area (Å²) in [4.78, 5) is 37.4. The van der Waals surface area contributed by atoms with E-state index in [9.17, 15) is 19.5 Å². The van der Waals surface area contributed by atoms with Crippen molar-refractivity contribution in [3.05, 3.63) is 16.3 Å². The first-order chi connectivity index (χ1) is 12.1. The van der Waals surface area contributed by atoms with Gasteiger partial charge in [0, 0.05) is 6.54 Å². The van der Waals surface area contributed by atoms with Crippen LogP contribution in [0, 0.1) is 5.41 Å². The summed E-state index contributed by atoms with van der Waals surface area (Å²) in [5, 5.41) is 16.7. The lowest BCUT2D eigenvalue weighted by Crippen LogP contribution is -2.57. The first kappa shape index (κ1) is 20.0. The zero-order valence-corrected chi connectivity index (χ0v) is 16.1. The van der Waals surface area contributed by atoms with Gasteiger partial charge in [-0.15, -0.1) is 11.3 Å². The van der Waals surface area contributed by atoms with Crippen LogP contribution in [-0.4, -0.2) is 46.7 Å². The molecule has 0 spiro atoms. The van der Waals surface area contributed by atoms with Crippen molar-refractivity contribution in [1.82, 2.24) is 10.2 Å². The minimum atomic E-state index is -0.974. The summed E-state index contributed by atoms with van der Waals surface area (Å²) in [5.41, 5.74) is 5.15. The Kier molecular flexibility index (Phi) is 6.12. The number of likely N-dealkylation sites (tertiary alicyclic amines) is 1. The number of carbonyl (C=O) groups is 3. The first-order valence-corrected chi connectivity index (χ1v) is 9.43. The van der Waals surface area contributed by atoms with E-state index in [0.717, 1.165) is 12.8 Å². The molecule has 2 rings (SSSR count). The number of hydrogen-bond acceptors (Lipinski definition) is 4. The highest BCUT2D eigenvalue weighted by molar-refractivity contribution is 7.12. The molecule has 2 heterocycles. The van der Waals surface area contributed by atoms with Gasteiger partial charge in [-0.1, -0.05) is 20.8 Å². The Morgan fingerprint density at radius 3 is 2.58 bits per heavy atom. The monoisotopic (exact) mass is 382 g/mol. The molecular weight excluding hydrogens is 356 g/mol. The topological polar surface area (TPSA) is 125 Å². The quantitative estimate of drug-likeness (QED) is 0.641. The van der Waals surface area contributed by atoms with Gasteiger partial charge in [0.2, 0.25) is 0 Å². The van der Waals surface area contributed by atoms with E-state index in [2.05, 4.69) is 10.6 Å². The maximum atomic E-state index is 12.8. The maximum Gasteiger partial charge on any atom is 0.407 e. The molecule has 0 radical (unpaired) electrons. The molecule has 1 saturated heterocycles. The molecule has 9 heteroatoms. The number of anilines is 1. The van der Waals surface area contributed by atoms with E-state index in [4.69, 9.17) is 5.73 Å². The highest BCUT2D eigenvalue weighted by Gasteiger charge is 2.41. The van der Waals surface area contributed by atoms with Gasteiger partial charge >= 0.3 is 12.1 Å². The van der Waals surface area contributed by atoms with Crippen molar-refractivity contribution >= 4 is 35.1 Å². The summed E-state index contributed by atoms with van der Waals surface area (Å²) in [5.74, 6) is -0.338. The van der Waals surface area contributed by atoms with Gasteiger partial charge in [-0.25, -0.2) is 9.59 Å². The Morgan fingerprint density at radius 1 is 1.31 bits per heavy atom. The van der Waals surface area contributed by atoms with Crippen molar-refractivity contribution in [2.45, 2.75) is 52.1 Å². The molecule has 4 amide bonds. The van der Waals surface area contributed by atoms with Crippen LogP contribution in [0.25, 0.3) is 0 Å². The number of primary amides is 1. The minimum Gasteiger partial charge on any atom is -0.465 e. The van der Waals surface area contributed by atoms with E-state index in [-0.39, 0.29) is 23.4 Å². The molecule has 5 N–H and O–H groups in total. The molecule has 0 aliphatic carbocycles. The Bertz CT molecular complexity index is 683. The van der Waals surface area contributed by atoms with Gasteiger partial charge in [0.05, 0.1) is 17.8 Å². The molecule has 0 bridgehead atoms. The van der Waals surface area contributed by atoms with Crippen LogP contribution in [0.4, 0.5) is 15.3 Å². The van der Waals surface area contributed by atoms with Crippen molar-refractivity contribution in [1.29, 1.82) is 0 Å². The van der Waals surface area contributed by atoms with Crippen molar-refractivity contribution < 1.29 is 19.5 Å². The van der Waals surface area contributed by atoms with Crippen molar-refractivity contribution in [3.63, 3.8) is 0 Å². The highest BCUT2D eigenvalue weighted by Crippen LogP contribution is 2.32. The largest absolute Gasteiger partial charge is 0.465 e. The minimum absolute atomic E-state index is 0.315. The van der Waals surface area contributed by atoms with Crippen LogP contribution in [0.3, 0.4) is 0 Å². The van der Waals surface area contributed by atoms with Gasteiger partial charge < -0.3 is 26.4 Å². The molecule has 1 unspecified atom stereocenters. The molecule has 0 saturated carbocycles. The van der Waals surface area contributed by atoms with E-state index >= 15 is 0 Å². The number of thiophene rings is 1. The summed E-state index contributed by atoms with van der Waals surface area (Å²) in [6.45, 7) is 6.38. The summed E-state index contributed by atoms with van der Waals surface area (Å²) in [6, 6.07) is 0.211. The summed E-state index contributed by atoms with van der Waals surface area (Å²) < 4.78 is 0. The van der Waals surface area contributed by atoms with Gasteiger partial charge in [0.15, 0.2) is 0 Å². The van der Waals surface area contributed by atoms with Crippen LogP contribution in [0.5, 0.6) is 0 Å².